The van der Waals surface area contributed by atoms with Crippen molar-refractivity contribution in [3.05, 3.63) is 103 Å². The summed E-state index contributed by atoms with van der Waals surface area (Å²) in [6.07, 6.45) is 7.43. The summed E-state index contributed by atoms with van der Waals surface area (Å²) in [5.74, 6) is 1.40. The summed E-state index contributed by atoms with van der Waals surface area (Å²) in [7, 11) is 0. The monoisotopic (exact) mass is 446 g/mol. The van der Waals surface area contributed by atoms with Crippen LogP contribution in [0.5, 0.6) is 0 Å². The van der Waals surface area contributed by atoms with Gasteiger partial charge in [0.2, 0.25) is 0 Å². The van der Waals surface area contributed by atoms with Gasteiger partial charge in [0.1, 0.15) is 17.3 Å². The number of benzene rings is 2. The van der Waals surface area contributed by atoms with Crippen LogP contribution in [0.2, 0.25) is 0 Å². The van der Waals surface area contributed by atoms with E-state index in [9.17, 15) is 0 Å². The maximum atomic E-state index is 5.97. The minimum absolute atomic E-state index is 0.550. The second kappa shape index (κ2) is 8.32. The van der Waals surface area contributed by atoms with Crippen molar-refractivity contribution in [3.63, 3.8) is 0 Å². The van der Waals surface area contributed by atoms with Gasteiger partial charge in [-0.05, 0) is 47.3 Å². The van der Waals surface area contributed by atoms with Crippen LogP contribution >= 0.6 is 0 Å². The average Bonchev–Trinajstić information content (AvgIpc) is 3.51. The largest absolute Gasteiger partial charge is 0.383 e. The second-order valence-electron chi connectivity index (χ2n) is 8.10. The molecular formula is C26H22N8. The van der Waals surface area contributed by atoms with E-state index in [-0.39, 0.29) is 0 Å². The SMILES string of the molecule is Nc1nccc2cc(CNc3nccc4c3ccn4Cc3cnn(-c4ccccc4)n3)ccc12. The van der Waals surface area contributed by atoms with E-state index in [2.05, 4.69) is 54.4 Å². The normalized spacial score (nSPS) is 11.3. The Hall–Kier alpha value is -4.72. The van der Waals surface area contributed by atoms with Gasteiger partial charge in [-0.3, -0.25) is 0 Å². The molecular weight excluding hydrogens is 424 g/mol. The summed E-state index contributed by atoms with van der Waals surface area (Å²) >= 11 is 0. The lowest BCUT2D eigenvalue weighted by Crippen LogP contribution is -2.03. The second-order valence-corrected chi connectivity index (χ2v) is 8.10. The number of aromatic nitrogens is 6. The fourth-order valence-electron chi connectivity index (χ4n) is 4.18. The molecule has 3 N–H and O–H groups in total. The third kappa shape index (κ3) is 3.71. The Morgan fingerprint density at radius 3 is 2.68 bits per heavy atom. The first-order chi connectivity index (χ1) is 16.7. The third-order valence-electron chi connectivity index (χ3n) is 5.88. The zero-order chi connectivity index (χ0) is 22.9. The summed E-state index contributed by atoms with van der Waals surface area (Å²) < 4.78 is 2.16. The van der Waals surface area contributed by atoms with Crippen LogP contribution in [-0.4, -0.2) is 29.5 Å². The molecule has 6 rings (SSSR count). The van der Waals surface area contributed by atoms with Crippen LogP contribution < -0.4 is 11.1 Å². The van der Waals surface area contributed by atoms with Gasteiger partial charge in [0, 0.05) is 35.9 Å². The lowest BCUT2D eigenvalue weighted by Gasteiger charge is -2.09. The summed E-state index contributed by atoms with van der Waals surface area (Å²) in [4.78, 5) is 10.4. The number of fused-ring (bicyclic) bond motifs is 2. The number of nitrogens with zero attached hydrogens (tertiary/aromatic N) is 6. The maximum absolute atomic E-state index is 5.97. The Bertz CT molecular complexity index is 1600. The minimum atomic E-state index is 0.550. The van der Waals surface area contributed by atoms with E-state index >= 15 is 0 Å². The number of hydrogen-bond donors (Lipinski definition) is 2. The van der Waals surface area contributed by atoms with Crippen molar-refractivity contribution in [3.8, 4) is 5.69 Å². The number of nitrogen functional groups attached to an aromatic ring is 1. The summed E-state index contributed by atoms with van der Waals surface area (Å²) in [5.41, 5.74) is 10.0. The summed E-state index contributed by atoms with van der Waals surface area (Å²) in [6.45, 7) is 1.28. The van der Waals surface area contributed by atoms with Crippen LogP contribution in [0.1, 0.15) is 11.3 Å². The Balaban J connectivity index is 1.22. The number of rotatable bonds is 6. The van der Waals surface area contributed by atoms with Gasteiger partial charge in [-0.2, -0.15) is 15.0 Å². The van der Waals surface area contributed by atoms with Gasteiger partial charge in [-0.15, -0.1) is 0 Å². The Kier molecular flexibility index (Phi) is 4.88. The molecule has 8 heteroatoms. The van der Waals surface area contributed by atoms with E-state index in [1.807, 2.05) is 54.7 Å². The maximum Gasteiger partial charge on any atom is 0.135 e. The van der Waals surface area contributed by atoms with Gasteiger partial charge >= 0.3 is 0 Å². The van der Waals surface area contributed by atoms with Gasteiger partial charge in [0.25, 0.3) is 0 Å². The number of nitrogens with one attached hydrogen (secondary N) is 1. The van der Waals surface area contributed by atoms with Crippen molar-refractivity contribution >= 4 is 33.3 Å². The molecule has 4 aromatic heterocycles. The number of anilines is 2. The molecule has 34 heavy (non-hydrogen) atoms. The van der Waals surface area contributed by atoms with Gasteiger partial charge in [0.15, 0.2) is 0 Å². The predicted molar refractivity (Wildman–Crippen MR) is 134 cm³/mol. The van der Waals surface area contributed by atoms with Gasteiger partial charge in [0.05, 0.1) is 23.9 Å². The lowest BCUT2D eigenvalue weighted by atomic mass is 10.1. The first-order valence-corrected chi connectivity index (χ1v) is 11.0. The van der Waals surface area contributed by atoms with E-state index < -0.39 is 0 Å². The van der Waals surface area contributed by atoms with Crippen LogP contribution in [-0.2, 0) is 13.1 Å². The summed E-state index contributed by atoms with van der Waals surface area (Å²) in [5, 5.41) is 15.6. The Morgan fingerprint density at radius 1 is 0.882 bits per heavy atom. The van der Waals surface area contributed by atoms with Gasteiger partial charge in [-0.25, -0.2) is 9.97 Å². The highest BCUT2D eigenvalue weighted by Gasteiger charge is 2.10. The molecule has 6 aromatic rings. The lowest BCUT2D eigenvalue weighted by molar-refractivity contribution is 0.720. The molecule has 0 saturated carbocycles. The number of hydrogen-bond acceptors (Lipinski definition) is 6. The van der Waals surface area contributed by atoms with E-state index in [4.69, 9.17) is 5.73 Å². The molecule has 0 unspecified atom stereocenters. The molecule has 0 amide bonds. The van der Waals surface area contributed by atoms with E-state index in [1.54, 1.807) is 17.2 Å². The smallest absolute Gasteiger partial charge is 0.135 e. The molecule has 2 aromatic carbocycles. The highest BCUT2D eigenvalue weighted by atomic mass is 15.5. The van der Waals surface area contributed by atoms with Gasteiger partial charge < -0.3 is 15.6 Å². The predicted octanol–water partition coefficient (Wildman–Crippen LogP) is 4.41. The molecule has 0 spiro atoms. The first kappa shape index (κ1) is 19.9. The molecule has 0 saturated heterocycles. The summed E-state index contributed by atoms with van der Waals surface area (Å²) in [6, 6.07) is 22.2. The minimum Gasteiger partial charge on any atom is -0.383 e. The van der Waals surface area contributed by atoms with Crippen molar-refractivity contribution in [1.82, 2.24) is 29.5 Å². The van der Waals surface area contributed by atoms with E-state index in [1.165, 1.54) is 0 Å². The Labute approximate surface area is 195 Å². The quantitative estimate of drug-likeness (QED) is 0.393. The number of para-hydroxylation sites is 1. The molecule has 0 aliphatic carbocycles. The van der Waals surface area contributed by atoms with Crippen molar-refractivity contribution < 1.29 is 0 Å². The standard InChI is InChI=1S/C26H22N8/c27-25-22-7-6-18(14-19(22)8-11-28-25)15-30-26-23-10-13-33(24(23)9-12-29-26)17-20-16-31-34(32-20)21-4-2-1-3-5-21/h1-14,16H,15,17H2,(H2,27,28)(H,29,30). The highest BCUT2D eigenvalue weighted by molar-refractivity contribution is 5.92. The highest BCUT2D eigenvalue weighted by Crippen LogP contribution is 2.25. The molecule has 0 radical (unpaired) electrons. The Morgan fingerprint density at radius 2 is 1.76 bits per heavy atom. The van der Waals surface area contributed by atoms with Crippen LogP contribution in [0.25, 0.3) is 27.4 Å². The number of pyridine rings is 2. The molecule has 0 aliphatic heterocycles. The number of nitrogens with two attached hydrogens (primary N) is 1. The van der Waals surface area contributed by atoms with Crippen LogP contribution in [0.3, 0.4) is 0 Å². The average molecular weight is 447 g/mol. The van der Waals surface area contributed by atoms with Crippen molar-refractivity contribution in [2.24, 2.45) is 0 Å². The molecule has 0 aliphatic rings. The molecule has 166 valence electrons. The van der Waals surface area contributed by atoms with Crippen LogP contribution in [0.15, 0.2) is 91.5 Å². The van der Waals surface area contributed by atoms with Gasteiger partial charge in [-0.1, -0.05) is 30.3 Å². The zero-order valence-electron chi connectivity index (χ0n) is 18.3. The van der Waals surface area contributed by atoms with Crippen molar-refractivity contribution in [1.29, 1.82) is 0 Å². The van der Waals surface area contributed by atoms with Crippen molar-refractivity contribution in [2.75, 3.05) is 11.1 Å². The van der Waals surface area contributed by atoms with Crippen LogP contribution in [0.4, 0.5) is 11.6 Å². The van der Waals surface area contributed by atoms with E-state index in [0.29, 0.717) is 18.9 Å². The fourth-order valence-corrected chi connectivity index (χ4v) is 4.18. The van der Waals surface area contributed by atoms with Crippen LogP contribution in [0, 0.1) is 0 Å². The zero-order valence-corrected chi connectivity index (χ0v) is 18.3. The molecule has 8 nitrogen and oxygen atoms in total. The molecule has 0 bridgehead atoms. The topological polar surface area (TPSA) is 99.5 Å². The van der Waals surface area contributed by atoms with Crippen molar-refractivity contribution in [2.45, 2.75) is 13.1 Å². The first-order valence-electron chi connectivity index (χ1n) is 11.0. The molecule has 0 fully saturated rings. The fraction of sp³-hybridized carbons (Fsp3) is 0.0769. The van der Waals surface area contributed by atoms with E-state index in [0.717, 1.165) is 44.4 Å². The molecule has 0 atom stereocenters. The molecule has 4 heterocycles. The third-order valence-corrected chi connectivity index (χ3v) is 5.88.